The molecular weight excluding hydrogens is 228 g/mol. The minimum Gasteiger partial charge on any atom is -0.481 e. The fraction of sp³-hybridized carbons (Fsp3) is 0.714. The number of aromatic nitrogens is 2. The normalized spacial score (nSPS) is 12.4. The summed E-state index contributed by atoms with van der Waals surface area (Å²) in [6, 6.07) is 0. The van der Waals surface area contributed by atoms with Crippen LogP contribution in [0.2, 0.25) is 0 Å². The number of ether oxygens (including phenoxy) is 2. The summed E-state index contributed by atoms with van der Waals surface area (Å²) in [5.41, 5.74) is 0.630. The monoisotopic (exact) mass is 252 g/mol. The molecule has 0 atom stereocenters. The van der Waals surface area contributed by atoms with Gasteiger partial charge in [0, 0.05) is 5.41 Å². The second-order valence-corrected chi connectivity index (χ2v) is 6.44. The van der Waals surface area contributed by atoms with Crippen molar-refractivity contribution in [2.75, 3.05) is 14.2 Å². The smallest absolute Gasteiger partial charge is 0.224 e. The first-order chi connectivity index (χ1) is 8.11. The summed E-state index contributed by atoms with van der Waals surface area (Å²) in [6.45, 7) is 12.5. The third-order valence-corrected chi connectivity index (χ3v) is 2.65. The van der Waals surface area contributed by atoms with Crippen LogP contribution in [0.15, 0.2) is 0 Å². The van der Waals surface area contributed by atoms with Gasteiger partial charge in [-0.1, -0.05) is 41.5 Å². The highest BCUT2D eigenvalue weighted by atomic mass is 16.5. The van der Waals surface area contributed by atoms with E-state index in [0.717, 1.165) is 11.4 Å². The zero-order chi connectivity index (χ0) is 14.1. The fourth-order valence-electron chi connectivity index (χ4n) is 1.69. The Labute approximate surface area is 110 Å². The van der Waals surface area contributed by atoms with E-state index in [-0.39, 0.29) is 10.8 Å². The molecule has 0 aliphatic heterocycles. The molecule has 0 aliphatic rings. The molecule has 18 heavy (non-hydrogen) atoms. The van der Waals surface area contributed by atoms with Crippen LogP contribution in [-0.4, -0.2) is 24.2 Å². The van der Waals surface area contributed by atoms with Crippen molar-refractivity contribution in [1.29, 1.82) is 0 Å². The minimum absolute atomic E-state index is 0.132. The number of rotatable bonds is 2. The van der Waals surface area contributed by atoms with E-state index in [1.54, 1.807) is 14.2 Å². The molecule has 0 radical (unpaired) electrons. The molecule has 0 amide bonds. The molecule has 1 rings (SSSR count). The van der Waals surface area contributed by atoms with Gasteiger partial charge >= 0.3 is 0 Å². The third kappa shape index (κ3) is 2.92. The Morgan fingerprint density at radius 1 is 0.722 bits per heavy atom. The van der Waals surface area contributed by atoms with Crippen LogP contribution in [0.25, 0.3) is 0 Å². The molecule has 0 N–H and O–H groups in total. The predicted octanol–water partition coefficient (Wildman–Crippen LogP) is 3.09. The Morgan fingerprint density at radius 2 is 1.11 bits per heavy atom. The van der Waals surface area contributed by atoms with E-state index in [1.165, 1.54) is 0 Å². The summed E-state index contributed by atoms with van der Waals surface area (Å²) < 4.78 is 10.8. The van der Waals surface area contributed by atoms with Crippen LogP contribution < -0.4 is 9.47 Å². The highest BCUT2D eigenvalue weighted by Crippen LogP contribution is 2.37. The summed E-state index contributed by atoms with van der Waals surface area (Å²) >= 11 is 0. The molecule has 0 unspecified atom stereocenters. The van der Waals surface area contributed by atoms with E-state index in [0.29, 0.717) is 11.8 Å². The SMILES string of the molecule is COc1nc(C(C)(C)C)nc(OC)c1C(C)(C)C. The molecule has 0 bridgehead atoms. The average molecular weight is 252 g/mol. The second-order valence-electron chi connectivity index (χ2n) is 6.44. The van der Waals surface area contributed by atoms with Gasteiger partial charge in [-0.2, -0.15) is 9.97 Å². The lowest BCUT2D eigenvalue weighted by Gasteiger charge is -2.26. The first kappa shape index (κ1) is 14.7. The lowest BCUT2D eigenvalue weighted by molar-refractivity contribution is 0.335. The lowest BCUT2D eigenvalue weighted by atomic mass is 9.87. The number of methoxy groups -OCH3 is 2. The van der Waals surface area contributed by atoms with Gasteiger partial charge in [-0.3, -0.25) is 0 Å². The Morgan fingerprint density at radius 3 is 1.33 bits per heavy atom. The molecule has 1 aromatic heterocycles. The Bertz CT molecular complexity index is 403. The van der Waals surface area contributed by atoms with Crippen LogP contribution >= 0.6 is 0 Å². The van der Waals surface area contributed by atoms with Crippen molar-refractivity contribution in [2.45, 2.75) is 52.4 Å². The molecule has 0 aromatic carbocycles. The molecular formula is C14H24N2O2. The summed E-state index contributed by atoms with van der Waals surface area (Å²) in [6.07, 6.45) is 0. The first-order valence-electron chi connectivity index (χ1n) is 6.12. The Kier molecular flexibility index (Phi) is 3.89. The van der Waals surface area contributed by atoms with Crippen molar-refractivity contribution in [3.63, 3.8) is 0 Å². The zero-order valence-electron chi connectivity index (χ0n) is 12.7. The second kappa shape index (κ2) is 4.75. The van der Waals surface area contributed by atoms with E-state index in [2.05, 4.69) is 51.5 Å². The van der Waals surface area contributed by atoms with Crippen molar-refractivity contribution in [3.05, 3.63) is 11.4 Å². The topological polar surface area (TPSA) is 44.2 Å². The van der Waals surface area contributed by atoms with Crippen LogP contribution in [0, 0.1) is 0 Å². The highest BCUT2D eigenvalue weighted by Gasteiger charge is 2.29. The maximum absolute atomic E-state index is 5.42. The van der Waals surface area contributed by atoms with Crippen molar-refractivity contribution >= 4 is 0 Å². The van der Waals surface area contributed by atoms with Crippen LogP contribution in [-0.2, 0) is 10.8 Å². The minimum atomic E-state index is -0.142. The fourth-order valence-corrected chi connectivity index (χ4v) is 1.69. The maximum atomic E-state index is 5.42. The first-order valence-corrected chi connectivity index (χ1v) is 6.12. The van der Waals surface area contributed by atoms with Crippen LogP contribution in [0.4, 0.5) is 0 Å². The molecule has 0 saturated heterocycles. The van der Waals surface area contributed by atoms with Gasteiger partial charge in [0.2, 0.25) is 11.8 Å². The van der Waals surface area contributed by atoms with Crippen LogP contribution in [0.1, 0.15) is 52.9 Å². The van der Waals surface area contributed by atoms with Gasteiger partial charge < -0.3 is 9.47 Å². The summed E-state index contributed by atoms with van der Waals surface area (Å²) in [4.78, 5) is 9.05. The molecule has 0 saturated carbocycles. The van der Waals surface area contributed by atoms with Gasteiger partial charge in [0.1, 0.15) is 5.82 Å². The molecule has 0 fully saturated rings. The van der Waals surface area contributed by atoms with Gasteiger partial charge in [-0.25, -0.2) is 0 Å². The van der Waals surface area contributed by atoms with E-state index in [9.17, 15) is 0 Å². The van der Waals surface area contributed by atoms with Gasteiger partial charge in [-0.05, 0) is 5.41 Å². The summed E-state index contributed by atoms with van der Waals surface area (Å²) in [7, 11) is 3.26. The van der Waals surface area contributed by atoms with Crippen LogP contribution in [0.5, 0.6) is 11.8 Å². The highest BCUT2D eigenvalue weighted by molar-refractivity contribution is 5.41. The summed E-state index contributed by atoms with van der Waals surface area (Å²) in [5, 5.41) is 0. The van der Waals surface area contributed by atoms with E-state index in [4.69, 9.17) is 9.47 Å². The lowest BCUT2D eigenvalue weighted by Crippen LogP contribution is -2.22. The largest absolute Gasteiger partial charge is 0.481 e. The van der Waals surface area contributed by atoms with Crippen molar-refractivity contribution in [3.8, 4) is 11.8 Å². The number of hydrogen-bond donors (Lipinski definition) is 0. The predicted molar refractivity (Wildman–Crippen MR) is 72.5 cm³/mol. The van der Waals surface area contributed by atoms with E-state index in [1.807, 2.05) is 0 Å². The van der Waals surface area contributed by atoms with Crippen LogP contribution in [0.3, 0.4) is 0 Å². The third-order valence-electron chi connectivity index (χ3n) is 2.65. The van der Waals surface area contributed by atoms with Crippen molar-refractivity contribution in [2.24, 2.45) is 0 Å². The van der Waals surface area contributed by atoms with Gasteiger partial charge in [0.25, 0.3) is 0 Å². The number of nitrogens with zero attached hydrogens (tertiary/aromatic N) is 2. The van der Waals surface area contributed by atoms with E-state index < -0.39 is 0 Å². The molecule has 0 aliphatic carbocycles. The maximum Gasteiger partial charge on any atom is 0.224 e. The van der Waals surface area contributed by atoms with E-state index >= 15 is 0 Å². The molecule has 1 aromatic rings. The standard InChI is InChI=1S/C14H24N2O2/c1-13(2,3)9-10(17-7)15-12(14(4,5)6)16-11(9)18-8/h1-8H3. The summed E-state index contributed by atoms with van der Waals surface area (Å²) in [5.74, 6) is 1.92. The average Bonchev–Trinajstić information content (AvgIpc) is 2.24. The van der Waals surface area contributed by atoms with Gasteiger partial charge in [0.15, 0.2) is 0 Å². The molecule has 4 nitrogen and oxygen atoms in total. The quantitative estimate of drug-likeness (QED) is 0.811. The van der Waals surface area contributed by atoms with Crippen molar-refractivity contribution < 1.29 is 9.47 Å². The van der Waals surface area contributed by atoms with Crippen molar-refractivity contribution in [1.82, 2.24) is 9.97 Å². The molecule has 102 valence electrons. The Balaban J connectivity index is 3.55. The molecule has 4 heteroatoms. The Hall–Kier alpha value is -1.32. The zero-order valence-corrected chi connectivity index (χ0v) is 12.7. The number of hydrogen-bond acceptors (Lipinski definition) is 4. The van der Waals surface area contributed by atoms with Gasteiger partial charge in [-0.15, -0.1) is 0 Å². The van der Waals surface area contributed by atoms with Gasteiger partial charge in [0.05, 0.1) is 19.8 Å². The molecule has 0 spiro atoms. The molecule has 1 heterocycles.